The maximum absolute atomic E-state index is 11.0. The van der Waals surface area contributed by atoms with Crippen molar-refractivity contribution in [3.05, 3.63) is 30.3 Å². The van der Waals surface area contributed by atoms with Crippen LogP contribution in [0.1, 0.15) is 6.92 Å². The molecule has 0 saturated heterocycles. The zero-order valence-electron chi connectivity index (χ0n) is 8.77. The van der Waals surface area contributed by atoms with Gasteiger partial charge < -0.3 is 15.8 Å². The van der Waals surface area contributed by atoms with Crippen molar-refractivity contribution >= 4 is 5.91 Å². The number of hydrogen-bond donors (Lipinski definition) is 2. The Morgan fingerprint density at radius 3 is 2.67 bits per heavy atom. The van der Waals surface area contributed by atoms with Crippen LogP contribution in [-0.2, 0) is 4.79 Å². The van der Waals surface area contributed by atoms with Crippen molar-refractivity contribution in [3.8, 4) is 5.75 Å². The molecule has 0 aliphatic rings. The van der Waals surface area contributed by atoms with Crippen LogP contribution in [0.4, 0.5) is 0 Å². The monoisotopic (exact) mass is 208 g/mol. The molecular weight excluding hydrogens is 192 g/mol. The van der Waals surface area contributed by atoms with Gasteiger partial charge in [-0.05, 0) is 18.7 Å². The summed E-state index contributed by atoms with van der Waals surface area (Å²) >= 11 is 0. The third-order valence-corrected chi connectivity index (χ3v) is 1.95. The first-order chi connectivity index (χ1) is 7.24. The van der Waals surface area contributed by atoms with Crippen molar-refractivity contribution < 1.29 is 9.53 Å². The van der Waals surface area contributed by atoms with E-state index in [1.165, 1.54) is 0 Å². The number of likely N-dealkylation sites (N-methyl/N-ethyl adjacent to an activating group) is 1. The summed E-state index contributed by atoms with van der Waals surface area (Å²) in [5.74, 6) is 0.342. The Kier molecular flexibility index (Phi) is 4.63. The number of primary amides is 1. The van der Waals surface area contributed by atoms with Gasteiger partial charge in [0.15, 0.2) is 0 Å². The molecule has 0 bridgehead atoms. The number of benzene rings is 1. The van der Waals surface area contributed by atoms with Gasteiger partial charge in [-0.15, -0.1) is 0 Å². The van der Waals surface area contributed by atoms with Crippen LogP contribution in [0.25, 0.3) is 0 Å². The molecule has 0 radical (unpaired) electrons. The summed E-state index contributed by atoms with van der Waals surface area (Å²) < 4.78 is 5.42. The van der Waals surface area contributed by atoms with E-state index in [1.54, 1.807) is 0 Å². The largest absolute Gasteiger partial charge is 0.491 e. The molecule has 0 aromatic heterocycles. The van der Waals surface area contributed by atoms with Gasteiger partial charge in [-0.25, -0.2) is 0 Å². The zero-order chi connectivity index (χ0) is 11.1. The third kappa shape index (κ3) is 3.99. The molecule has 0 saturated carbocycles. The van der Waals surface area contributed by atoms with E-state index in [-0.39, 0.29) is 6.61 Å². The highest BCUT2D eigenvalue weighted by Gasteiger charge is 2.13. The van der Waals surface area contributed by atoms with E-state index in [1.807, 2.05) is 37.3 Å². The molecule has 1 amide bonds. The number of carbonyl (C=O) groups is 1. The van der Waals surface area contributed by atoms with Gasteiger partial charge in [-0.2, -0.15) is 0 Å². The molecule has 1 unspecified atom stereocenters. The summed E-state index contributed by atoms with van der Waals surface area (Å²) in [5, 5.41) is 2.95. The van der Waals surface area contributed by atoms with Crippen LogP contribution in [0.3, 0.4) is 0 Å². The first-order valence-electron chi connectivity index (χ1n) is 4.94. The highest BCUT2D eigenvalue weighted by Crippen LogP contribution is 2.08. The van der Waals surface area contributed by atoms with Gasteiger partial charge in [0, 0.05) is 0 Å². The Labute approximate surface area is 89.4 Å². The molecular formula is C11H16N2O2. The Balaban J connectivity index is 2.43. The van der Waals surface area contributed by atoms with E-state index in [0.29, 0.717) is 6.54 Å². The maximum atomic E-state index is 11.0. The van der Waals surface area contributed by atoms with Crippen LogP contribution in [0.15, 0.2) is 30.3 Å². The highest BCUT2D eigenvalue weighted by atomic mass is 16.5. The molecule has 1 atom stereocenters. The number of nitrogens with one attached hydrogen (secondary N) is 1. The van der Waals surface area contributed by atoms with Crippen molar-refractivity contribution in [1.82, 2.24) is 5.32 Å². The molecule has 0 aliphatic carbocycles. The predicted molar refractivity (Wildman–Crippen MR) is 58.6 cm³/mol. The lowest BCUT2D eigenvalue weighted by molar-refractivity contribution is -0.120. The molecule has 0 spiro atoms. The fraction of sp³-hybridized carbons (Fsp3) is 0.364. The lowest BCUT2D eigenvalue weighted by Crippen LogP contribution is -2.45. The van der Waals surface area contributed by atoms with E-state index in [2.05, 4.69) is 5.32 Å². The van der Waals surface area contributed by atoms with Crippen LogP contribution >= 0.6 is 0 Å². The van der Waals surface area contributed by atoms with Crippen LogP contribution in [0, 0.1) is 0 Å². The van der Waals surface area contributed by atoms with Crippen LogP contribution in [0.5, 0.6) is 5.75 Å². The van der Waals surface area contributed by atoms with E-state index in [9.17, 15) is 4.79 Å². The molecule has 4 nitrogen and oxygen atoms in total. The molecule has 0 fully saturated rings. The van der Waals surface area contributed by atoms with E-state index in [0.717, 1.165) is 5.75 Å². The summed E-state index contributed by atoms with van der Waals surface area (Å²) in [6.45, 7) is 2.86. The average Bonchev–Trinajstić information content (AvgIpc) is 2.25. The van der Waals surface area contributed by atoms with Crippen LogP contribution in [-0.4, -0.2) is 25.1 Å². The summed E-state index contributed by atoms with van der Waals surface area (Å²) in [6.07, 6.45) is 0. The minimum Gasteiger partial charge on any atom is -0.491 e. The second-order valence-corrected chi connectivity index (χ2v) is 3.14. The summed E-state index contributed by atoms with van der Waals surface area (Å²) in [4.78, 5) is 11.0. The molecule has 1 aromatic rings. The average molecular weight is 208 g/mol. The van der Waals surface area contributed by atoms with Gasteiger partial charge >= 0.3 is 0 Å². The molecule has 1 rings (SSSR count). The number of amides is 1. The first-order valence-corrected chi connectivity index (χ1v) is 4.94. The molecule has 0 aliphatic heterocycles. The van der Waals surface area contributed by atoms with Crippen molar-refractivity contribution in [2.45, 2.75) is 13.0 Å². The molecule has 1 aromatic carbocycles. The number of para-hydroxylation sites is 1. The number of rotatable bonds is 6. The van der Waals surface area contributed by atoms with Crippen molar-refractivity contribution in [1.29, 1.82) is 0 Å². The van der Waals surface area contributed by atoms with Crippen LogP contribution in [0.2, 0.25) is 0 Å². The van der Waals surface area contributed by atoms with Crippen molar-refractivity contribution in [3.63, 3.8) is 0 Å². The fourth-order valence-corrected chi connectivity index (χ4v) is 1.18. The molecule has 15 heavy (non-hydrogen) atoms. The van der Waals surface area contributed by atoms with Crippen molar-refractivity contribution in [2.24, 2.45) is 5.73 Å². The lowest BCUT2D eigenvalue weighted by atomic mass is 10.3. The maximum Gasteiger partial charge on any atom is 0.238 e. The van der Waals surface area contributed by atoms with Gasteiger partial charge in [0.1, 0.15) is 18.4 Å². The Morgan fingerprint density at radius 1 is 1.47 bits per heavy atom. The topological polar surface area (TPSA) is 64.3 Å². The number of nitrogens with two attached hydrogens (primary N) is 1. The number of hydrogen-bond acceptors (Lipinski definition) is 3. The van der Waals surface area contributed by atoms with Crippen LogP contribution < -0.4 is 15.8 Å². The third-order valence-electron chi connectivity index (χ3n) is 1.95. The SMILES string of the molecule is CCNC(COc1ccccc1)C(N)=O. The molecule has 3 N–H and O–H groups in total. The van der Waals surface area contributed by atoms with Gasteiger partial charge in [-0.1, -0.05) is 25.1 Å². The smallest absolute Gasteiger partial charge is 0.238 e. The van der Waals surface area contributed by atoms with Gasteiger partial charge in [-0.3, -0.25) is 4.79 Å². The van der Waals surface area contributed by atoms with E-state index in [4.69, 9.17) is 10.5 Å². The fourth-order valence-electron chi connectivity index (χ4n) is 1.18. The summed E-state index contributed by atoms with van der Waals surface area (Å²) in [6, 6.07) is 8.90. The zero-order valence-corrected chi connectivity index (χ0v) is 8.77. The van der Waals surface area contributed by atoms with E-state index < -0.39 is 11.9 Å². The lowest BCUT2D eigenvalue weighted by Gasteiger charge is -2.14. The van der Waals surface area contributed by atoms with Crippen molar-refractivity contribution in [2.75, 3.05) is 13.2 Å². The van der Waals surface area contributed by atoms with Gasteiger partial charge in [0.2, 0.25) is 5.91 Å². The normalized spacial score (nSPS) is 12.1. The molecule has 0 heterocycles. The van der Waals surface area contributed by atoms with Gasteiger partial charge in [0.25, 0.3) is 0 Å². The molecule has 82 valence electrons. The minimum atomic E-state index is -0.435. The summed E-state index contributed by atoms with van der Waals surface area (Å²) in [7, 11) is 0. The quantitative estimate of drug-likeness (QED) is 0.716. The number of ether oxygens (including phenoxy) is 1. The Hall–Kier alpha value is -1.55. The standard InChI is InChI=1S/C11H16N2O2/c1-2-13-10(11(12)14)8-15-9-6-4-3-5-7-9/h3-7,10,13H,2,8H2,1H3,(H2,12,14). The second kappa shape index (κ2) is 6.03. The second-order valence-electron chi connectivity index (χ2n) is 3.14. The predicted octanol–water partition coefficient (Wildman–Crippen LogP) is 0.529. The first kappa shape index (κ1) is 11.5. The molecule has 4 heteroatoms. The highest BCUT2D eigenvalue weighted by molar-refractivity contribution is 5.80. The Morgan fingerprint density at radius 2 is 2.13 bits per heavy atom. The van der Waals surface area contributed by atoms with Gasteiger partial charge in [0.05, 0.1) is 0 Å². The number of carbonyl (C=O) groups excluding carboxylic acids is 1. The Bertz CT molecular complexity index is 301. The summed E-state index contributed by atoms with van der Waals surface area (Å²) in [5.41, 5.74) is 5.21. The minimum absolute atomic E-state index is 0.257. The van der Waals surface area contributed by atoms with E-state index >= 15 is 0 Å².